The van der Waals surface area contributed by atoms with Crippen molar-refractivity contribution in [2.45, 2.75) is 26.3 Å². The summed E-state index contributed by atoms with van der Waals surface area (Å²) < 4.78 is 0. The standard InChI is InChI=1S/C11H14N2O3/c1-8(2)12-11(14)7-9-4-3-5-10(6-9)13(15)16/h3-6,8H,7H2,1-2H3,(H,12,14). The molecule has 5 heteroatoms. The summed E-state index contributed by atoms with van der Waals surface area (Å²) in [5.74, 6) is -0.129. The van der Waals surface area contributed by atoms with Crippen LogP contribution in [0, 0.1) is 10.1 Å². The van der Waals surface area contributed by atoms with Gasteiger partial charge in [-0.05, 0) is 19.4 Å². The van der Waals surface area contributed by atoms with E-state index < -0.39 is 4.92 Å². The zero-order valence-electron chi connectivity index (χ0n) is 9.27. The van der Waals surface area contributed by atoms with Gasteiger partial charge in [0.15, 0.2) is 0 Å². The van der Waals surface area contributed by atoms with Crippen LogP contribution in [0.5, 0.6) is 0 Å². The molecule has 1 N–H and O–H groups in total. The van der Waals surface area contributed by atoms with Gasteiger partial charge < -0.3 is 5.32 Å². The number of hydrogen-bond donors (Lipinski definition) is 1. The highest BCUT2D eigenvalue weighted by molar-refractivity contribution is 5.78. The van der Waals surface area contributed by atoms with Gasteiger partial charge in [-0.25, -0.2) is 0 Å². The number of nitrogens with zero attached hydrogens (tertiary/aromatic N) is 1. The van der Waals surface area contributed by atoms with Gasteiger partial charge in [0.2, 0.25) is 5.91 Å². The molecule has 5 nitrogen and oxygen atoms in total. The highest BCUT2D eigenvalue weighted by Crippen LogP contribution is 2.13. The lowest BCUT2D eigenvalue weighted by atomic mass is 10.1. The summed E-state index contributed by atoms with van der Waals surface area (Å²) in [5, 5.41) is 13.3. The molecule has 0 heterocycles. The topological polar surface area (TPSA) is 72.2 Å². The van der Waals surface area contributed by atoms with Gasteiger partial charge in [0.1, 0.15) is 0 Å². The number of amides is 1. The van der Waals surface area contributed by atoms with Gasteiger partial charge in [0, 0.05) is 18.2 Å². The Labute approximate surface area is 93.6 Å². The first-order valence-electron chi connectivity index (χ1n) is 5.01. The van der Waals surface area contributed by atoms with Gasteiger partial charge in [-0.3, -0.25) is 14.9 Å². The Morgan fingerprint density at radius 3 is 2.75 bits per heavy atom. The highest BCUT2D eigenvalue weighted by atomic mass is 16.6. The summed E-state index contributed by atoms with van der Waals surface area (Å²) in [6.45, 7) is 3.73. The quantitative estimate of drug-likeness (QED) is 0.622. The molecule has 0 atom stereocenters. The third-order valence-corrected chi connectivity index (χ3v) is 1.94. The SMILES string of the molecule is CC(C)NC(=O)Cc1cccc([N+](=O)[O-])c1. The number of non-ortho nitro benzene ring substituents is 1. The number of carbonyl (C=O) groups is 1. The fraction of sp³-hybridized carbons (Fsp3) is 0.364. The second kappa shape index (κ2) is 5.25. The molecule has 0 aliphatic carbocycles. The van der Waals surface area contributed by atoms with Gasteiger partial charge in [-0.2, -0.15) is 0 Å². The lowest BCUT2D eigenvalue weighted by molar-refractivity contribution is -0.384. The van der Waals surface area contributed by atoms with Crippen molar-refractivity contribution in [3.63, 3.8) is 0 Å². The molecular weight excluding hydrogens is 208 g/mol. The van der Waals surface area contributed by atoms with Crippen LogP contribution in [0.3, 0.4) is 0 Å². The van der Waals surface area contributed by atoms with E-state index >= 15 is 0 Å². The maximum absolute atomic E-state index is 11.4. The molecule has 16 heavy (non-hydrogen) atoms. The fourth-order valence-electron chi connectivity index (χ4n) is 1.34. The van der Waals surface area contributed by atoms with Crippen LogP contribution in [0.4, 0.5) is 5.69 Å². The molecule has 86 valence electrons. The summed E-state index contributed by atoms with van der Waals surface area (Å²) in [6.07, 6.45) is 0.167. The molecule has 0 radical (unpaired) electrons. The molecule has 1 rings (SSSR count). The molecule has 0 aliphatic rings. The van der Waals surface area contributed by atoms with Crippen molar-refractivity contribution in [2.75, 3.05) is 0 Å². The molecule has 0 bridgehead atoms. The maximum Gasteiger partial charge on any atom is 0.269 e. The number of carbonyl (C=O) groups excluding carboxylic acids is 1. The van der Waals surface area contributed by atoms with E-state index in [0.29, 0.717) is 5.56 Å². The zero-order chi connectivity index (χ0) is 12.1. The smallest absolute Gasteiger partial charge is 0.269 e. The van der Waals surface area contributed by atoms with Crippen molar-refractivity contribution in [3.05, 3.63) is 39.9 Å². The van der Waals surface area contributed by atoms with Crippen LogP contribution in [0.2, 0.25) is 0 Å². The number of hydrogen-bond acceptors (Lipinski definition) is 3. The van der Waals surface area contributed by atoms with E-state index in [9.17, 15) is 14.9 Å². The van der Waals surface area contributed by atoms with Gasteiger partial charge in [0.05, 0.1) is 11.3 Å². The number of benzene rings is 1. The Morgan fingerprint density at radius 1 is 1.50 bits per heavy atom. The fourth-order valence-corrected chi connectivity index (χ4v) is 1.34. The van der Waals surface area contributed by atoms with Gasteiger partial charge in [-0.15, -0.1) is 0 Å². The molecule has 1 amide bonds. The summed E-state index contributed by atoms with van der Waals surface area (Å²) in [7, 11) is 0. The van der Waals surface area contributed by atoms with Crippen LogP contribution < -0.4 is 5.32 Å². The number of nitro benzene ring substituents is 1. The van der Waals surface area contributed by atoms with E-state index in [4.69, 9.17) is 0 Å². The molecule has 0 unspecified atom stereocenters. The van der Waals surface area contributed by atoms with Crippen molar-refractivity contribution in [3.8, 4) is 0 Å². The van der Waals surface area contributed by atoms with Crippen LogP contribution in [0.25, 0.3) is 0 Å². The predicted octanol–water partition coefficient (Wildman–Crippen LogP) is 1.66. The van der Waals surface area contributed by atoms with Gasteiger partial charge in [-0.1, -0.05) is 12.1 Å². The molecular formula is C11H14N2O3. The minimum absolute atomic E-state index is 0.00912. The monoisotopic (exact) mass is 222 g/mol. The second-order valence-corrected chi connectivity index (χ2v) is 3.83. The Bertz CT molecular complexity index is 402. The third-order valence-electron chi connectivity index (χ3n) is 1.94. The first kappa shape index (κ1) is 12.2. The Hall–Kier alpha value is -1.91. The van der Waals surface area contributed by atoms with Crippen LogP contribution in [0.15, 0.2) is 24.3 Å². The minimum atomic E-state index is -0.468. The largest absolute Gasteiger partial charge is 0.354 e. The average Bonchev–Trinajstić information content (AvgIpc) is 2.16. The number of rotatable bonds is 4. The normalized spacial score (nSPS) is 10.2. The summed E-state index contributed by atoms with van der Waals surface area (Å²) >= 11 is 0. The molecule has 0 saturated carbocycles. The summed E-state index contributed by atoms with van der Waals surface area (Å²) in [6, 6.07) is 6.18. The van der Waals surface area contributed by atoms with Crippen molar-refractivity contribution in [1.29, 1.82) is 0 Å². The predicted molar refractivity (Wildman–Crippen MR) is 60.1 cm³/mol. The van der Waals surface area contributed by atoms with Crippen molar-refractivity contribution in [1.82, 2.24) is 5.32 Å². The van der Waals surface area contributed by atoms with Crippen LogP contribution in [0.1, 0.15) is 19.4 Å². The summed E-state index contributed by atoms with van der Waals surface area (Å²) in [5.41, 5.74) is 0.655. The average molecular weight is 222 g/mol. The van der Waals surface area contributed by atoms with Gasteiger partial charge >= 0.3 is 0 Å². The first-order valence-corrected chi connectivity index (χ1v) is 5.01. The lowest BCUT2D eigenvalue weighted by Gasteiger charge is -2.07. The number of nitro groups is 1. The highest BCUT2D eigenvalue weighted by Gasteiger charge is 2.09. The van der Waals surface area contributed by atoms with Crippen molar-refractivity contribution < 1.29 is 9.72 Å². The molecule has 0 aromatic heterocycles. The van der Waals surface area contributed by atoms with Crippen molar-refractivity contribution in [2.24, 2.45) is 0 Å². The third kappa shape index (κ3) is 3.68. The first-order chi connectivity index (χ1) is 7.49. The van der Waals surface area contributed by atoms with Crippen LogP contribution >= 0.6 is 0 Å². The summed E-state index contributed by atoms with van der Waals surface area (Å²) in [4.78, 5) is 21.5. The molecule has 0 aliphatic heterocycles. The Kier molecular flexibility index (Phi) is 3.99. The van der Waals surface area contributed by atoms with Crippen molar-refractivity contribution >= 4 is 11.6 Å². The van der Waals surface area contributed by atoms with E-state index in [1.165, 1.54) is 12.1 Å². The van der Waals surface area contributed by atoms with E-state index in [1.54, 1.807) is 12.1 Å². The second-order valence-electron chi connectivity index (χ2n) is 3.83. The van der Waals surface area contributed by atoms with E-state index in [-0.39, 0.29) is 24.1 Å². The molecule has 1 aromatic rings. The molecule has 0 fully saturated rings. The van der Waals surface area contributed by atoms with Crippen LogP contribution in [-0.4, -0.2) is 16.9 Å². The van der Waals surface area contributed by atoms with E-state index in [0.717, 1.165) is 0 Å². The van der Waals surface area contributed by atoms with E-state index in [1.807, 2.05) is 13.8 Å². The maximum atomic E-state index is 11.4. The lowest BCUT2D eigenvalue weighted by Crippen LogP contribution is -2.31. The Morgan fingerprint density at radius 2 is 2.19 bits per heavy atom. The number of nitrogens with one attached hydrogen (secondary N) is 1. The van der Waals surface area contributed by atoms with Crippen LogP contribution in [-0.2, 0) is 11.2 Å². The molecule has 1 aromatic carbocycles. The van der Waals surface area contributed by atoms with Gasteiger partial charge in [0.25, 0.3) is 5.69 Å². The minimum Gasteiger partial charge on any atom is -0.354 e. The molecule has 0 spiro atoms. The van der Waals surface area contributed by atoms with E-state index in [2.05, 4.69) is 5.32 Å². The molecule has 0 saturated heterocycles. The zero-order valence-corrected chi connectivity index (χ0v) is 9.27. The Balaban J connectivity index is 2.70.